The maximum atomic E-state index is 12.3. The van der Waals surface area contributed by atoms with E-state index in [1.165, 1.54) is 12.1 Å². The zero-order valence-corrected chi connectivity index (χ0v) is 9.26. The van der Waals surface area contributed by atoms with Gasteiger partial charge in [0.15, 0.2) is 0 Å². The first-order chi connectivity index (χ1) is 8.05. The molecule has 1 fully saturated rings. The molecule has 1 N–H and O–H groups in total. The van der Waals surface area contributed by atoms with E-state index >= 15 is 0 Å². The summed E-state index contributed by atoms with van der Waals surface area (Å²) >= 11 is 0. The molecule has 2 nitrogen and oxygen atoms in total. The van der Waals surface area contributed by atoms with Gasteiger partial charge in [0, 0.05) is 13.1 Å². The molecule has 1 aromatic carbocycles. The standard InChI is InChI=1S/C12H14F3NO/c13-12(14,15)10-3-1-9(2-4-10)7-11-8-16-5-6-17-11/h1-4,11,16H,5-8H2/t11-/m0/s1. The van der Waals surface area contributed by atoms with Crippen LogP contribution >= 0.6 is 0 Å². The van der Waals surface area contributed by atoms with Crippen molar-refractivity contribution in [2.75, 3.05) is 19.7 Å². The van der Waals surface area contributed by atoms with Gasteiger partial charge < -0.3 is 10.1 Å². The number of nitrogens with one attached hydrogen (secondary N) is 1. The molecular formula is C12H14F3NO. The van der Waals surface area contributed by atoms with Gasteiger partial charge in [-0.1, -0.05) is 12.1 Å². The predicted molar refractivity (Wildman–Crippen MR) is 57.8 cm³/mol. The van der Waals surface area contributed by atoms with E-state index in [4.69, 9.17) is 4.74 Å². The molecule has 0 aromatic heterocycles. The molecule has 2 rings (SSSR count). The van der Waals surface area contributed by atoms with Crippen molar-refractivity contribution >= 4 is 0 Å². The fraction of sp³-hybridized carbons (Fsp3) is 0.500. The molecule has 1 aliphatic heterocycles. The Morgan fingerprint density at radius 3 is 2.47 bits per heavy atom. The zero-order valence-electron chi connectivity index (χ0n) is 9.26. The lowest BCUT2D eigenvalue weighted by molar-refractivity contribution is -0.137. The van der Waals surface area contributed by atoms with E-state index in [2.05, 4.69) is 5.32 Å². The maximum absolute atomic E-state index is 12.3. The Morgan fingerprint density at radius 1 is 1.24 bits per heavy atom. The molecule has 0 aliphatic carbocycles. The number of alkyl halides is 3. The van der Waals surface area contributed by atoms with Crippen LogP contribution in [0.2, 0.25) is 0 Å². The minimum absolute atomic E-state index is 0.0560. The quantitative estimate of drug-likeness (QED) is 0.862. The molecule has 0 saturated carbocycles. The highest BCUT2D eigenvalue weighted by molar-refractivity contribution is 5.25. The molecule has 0 bridgehead atoms. The second-order valence-electron chi connectivity index (χ2n) is 4.10. The van der Waals surface area contributed by atoms with Crippen LogP contribution in [0.5, 0.6) is 0 Å². The molecule has 5 heteroatoms. The fourth-order valence-electron chi connectivity index (χ4n) is 1.84. The van der Waals surface area contributed by atoms with Crippen LogP contribution in [0.3, 0.4) is 0 Å². The predicted octanol–water partition coefficient (Wildman–Crippen LogP) is 2.24. The van der Waals surface area contributed by atoms with Crippen LogP contribution in [0.1, 0.15) is 11.1 Å². The average Bonchev–Trinajstić information content (AvgIpc) is 2.30. The Hall–Kier alpha value is -1.07. The molecule has 0 radical (unpaired) electrons. The summed E-state index contributed by atoms with van der Waals surface area (Å²) in [7, 11) is 0. The molecule has 1 aromatic rings. The van der Waals surface area contributed by atoms with Crippen LogP contribution in [0.25, 0.3) is 0 Å². The smallest absolute Gasteiger partial charge is 0.375 e. The fourth-order valence-corrected chi connectivity index (χ4v) is 1.84. The minimum atomic E-state index is -4.26. The molecule has 1 aliphatic rings. The Labute approximate surface area is 97.8 Å². The molecule has 0 unspecified atom stereocenters. The van der Waals surface area contributed by atoms with Crippen molar-refractivity contribution in [2.45, 2.75) is 18.7 Å². The SMILES string of the molecule is FC(F)(F)c1ccc(C[C@H]2CNCCO2)cc1. The van der Waals surface area contributed by atoms with Crippen LogP contribution < -0.4 is 5.32 Å². The molecule has 0 spiro atoms. The van der Waals surface area contributed by atoms with Gasteiger partial charge in [-0.25, -0.2) is 0 Å². The maximum Gasteiger partial charge on any atom is 0.416 e. The summed E-state index contributed by atoms with van der Waals surface area (Å²) < 4.78 is 42.5. The lowest BCUT2D eigenvalue weighted by Gasteiger charge is -2.23. The lowest BCUT2D eigenvalue weighted by Crippen LogP contribution is -2.39. The number of benzene rings is 1. The largest absolute Gasteiger partial charge is 0.416 e. The van der Waals surface area contributed by atoms with Gasteiger partial charge >= 0.3 is 6.18 Å². The summed E-state index contributed by atoms with van der Waals surface area (Å²) in [6.07, 6.45) is -3.56. The highest BCUT2D eigenvalue weighted by atomic mass is 19.4. The summed E-state index contributed by atoms with van der Waals surface area (Å²) in [5.41, 5.74) is 0.260. The van der Waals surface area contributed by atoms with Gasteiger partial charge in [-0.3, -0.25) is 0 Å². The zero-order chi connectivity index (χ0) is 12.3. The summed E-state index contributed by atoms with van der Waals surface area (Å²) in [5.74, 6) is 0. The van der Waals surface area contributed by atoms with Crippen molar-refractivity contribution in [1.82, 2.24) is 5.32 Å². The Kier molecular flexibility index (Phi) is 3.69. The van der Waals surface area contributed by atoms with Gasteiger partial charge in [0.05, 0.1) is 18.3 Å². The normalized spacial score (nSPS) is 21.5. The number of hydrogen-bond donors (Lipinski definition) is 1. The van der Waals surface area contributed by atoms with E-state index < -0.39 is 11.7 Å². The molecule has 1 atom stereocenters. The number of rotatable bonds is 2. The van der Waals surface area contributed by atoms with Gasteiger partial charge in [-0.15, -0.1) is 0 Å². The summed E-state index contributed by atoms with van der Waals surface area (Å²) in [5, 5.41) is 3.19. The third kappa shape index (κ3) is 3.44. The van der Waals surface area contributed by atoms with Crippen LogP contribution in [-0.2, 0) is 17.3 Å². The summed E-state index contributed by atoms with van der Waals surface area (Å²) in [6, 6.07) is 5.26. The Balaban J connectivity index is 1.98. The summed E-state index contributed by atoms with van der Waals surface area (Å²) in [6.45, 7) is 2.25. The van der Waals surface area contributed by atoms with Crippen molar-refractivity contribution in [3.8, 4) is 0 Å². The van der Waals surface area contributed by atoms with Crippen molar-refractivity contribution in [2.24, 2.45) is 0 Å². The third-order valence-corrected chi connectivity index (χ3v) is 2.75. The molecular weight excluding hydrogens is 231 g/mol. The van der Waals surface area contributed by atoms with E-state index in [0.29, 0.717) is 13.0 Å². The number of hydrogen-bond acceptors (Lipinski definition) is 2. The number of morpholine rings is 1. The van der Waals surface area contributed by atoms with Gasteiger partial charge in [0.25, 0.3) is 0 Å². The number of ether oxygens (including phenoxy) is 1. The Bertz CT molecular complexity index is 355. The monoisotopic (exact) mass is 245 g/mol. The molecule has 0 amide bonds. The van der Waals surface area contributed by atoms with Crippen molar-refractivity contribution in [3.05, 3.63) is 35.4 Å². The van der Waals surface area contributed by atoms with E-state index in [-0.39, 0.29) is 6.10 Å². The van der Waals surface area contributed by atoms with Gasteiger partial charge in [0.1, 0.15) is 0 Å². The topological polar surface area (TPSA) is 21.3 Å². The van der Waals surface area contributed by atoms with Gasteiger partial charge in [-0.05, 0) is 24.1 Å². The molecule has 1 saturated heterocycles. The molecule has 94 valence electrons. The first-order valence-electron chi connectivity index (χ1n) is 5.54. The lowest BCUT2D eigenvalue weighted by atomic mass is 10.0. The highest BCUT2D eigenvalue weighted by Crippen LogP contribution is 2.29. The first-order valence-corrected chi connectivity index (χ1v) is 5.54. The van der Waals surface area contributed by atoms with Crippen LogP contribution in [0, 0.1) is 0 Å². The third-order valence-electron chi connectivity index (χ3n) is 2.75. The number of halogens is 3. The van der Waals surface area contributed by atoms with E-state index in [9.17, 15) is 13.2 Å². The van der Waals surface area contributed by atoms with E-state index in [0.717, 1.165) is 30.8 Å². The van der Waals surface area contributed by atoms with Gasteiger partial charge in [-0.2, -0.15) is 13.2 Å². The summed E-state index contributed by atoms with van der Waals surface area (Å²) in [4.78, 5) is 0. The second kappa shape index (κ2) is 5.06. The minimum Gasteiger partial charge on any atom is -0.375 e. The highest BCUT2D eigenvalue weighted by Gasteiger charge is 2.30. The molecule has 17 heavy (non-hydrogen) atoms. The van der Waals surface area contributed by atoms with E-state index in [1.54, 1.807) is 0 Å². The van der Waals surface area contributed by atoms with Crippen LogP contribution in [-0.4, -0.2) is 25.8 Å². The van der Waals surface area contributed by atoms with Crippen molar-refractivity contribution < 1.29 is 17.9 Å². The van der Waals surface area contributed by atoms with Gasteiger partial charge in [0.2, 0.25) is 0 Å². The average molecular weight is 245 g/mol. The second-order valence-corrected chi connectivity index (χ2v) is 4.10. The first kappa shape index (κ1) is 12.4. The Morgan fingerprint density at radius 2 is 1.94 bits per heavy atom. The van der Waals surface area contributed by atoms with Crippen molar-refractivity contribution in [3.63, 3.8) is 0 Å². The molecule has 1 heterocycles. The van der Waals surface area contributed by atoms with E-state index in [1.807, 2.05) is 0 Å². The van der Waals surface area contributed by atoms with Crippen LogP contribution in [0.15, 0.2) is 24.3 Å². The van der Waals surface area contributed by atoms with Crippen molar-refractivity contribution in [1.29, 1.82) is 0 Å². The van der Waals surface area contributed by atoms with Crippen LogP contribution in [0.4, 0.5) is 13.2 Å².